The molecule has 0 bridgehead atoms. The van der Waals surface area contributed by atoms with Crippen molar-refractivity contribution in [1.29, 1.82) is 0 Å². The Morgan fingerprint density at radius 1 is 0.944 bits per heavy atom. The third-order valence-electron chi connectivity index (χ3n) is 5.61. The van der Waals surface area contributed by atoms with Crippen LogP contribution < -0.4 is 18.9 Å². The second-order valence-electron chi connectivity index (χ2n) is 7.78. The third kappa shape index (κ3) is 6.77. The zero-order valence-corrected chi connectivity index (χ0v) is 22.4. The van der Waals surface area contributed by atoms with Gasteiger partial charge in [-0.2, -0.15) is 0 Å². The molecule has 1 atom stereocenters. The van der Waals surface area contributed by atoms with E-state index in [2.05, 4.69) is 0 Å². The first-order valence-corrected chi connectivity index (χ1v) is 12.6. The molecule has 8 heteroatoms. The van der Waals surface area contributed by atoms with Crippen molar-refractivity contribution in [1.82, 2.24) is 4.90 Å². The van der Waals surface area contributed by atoms with Crippen molar-refractivity contribution >= 4 is 29.1 Å². The van der Waals surface area contributed by atoms with Gasteiger partial charge in [-0.1, -0.05) is 55.2 Å². The molecule has 1 amide bonds. The number of carbonyl (C=O) groups is 1. The van der Waals surface area contributed by atoms with E-state index in [9.17, 15) is 4.79 Å². The van der Waals surface area contributed by atoms with E-state index in [0.717, 1.165) is 29.0 Å². The lowest BCUT2D eigenvalue weighted by Crippen LogP contribution is -2.48. The summed E-state index contributed by atoms with van der Waals surface area (Å²) >= 11 is 11.1. The molecule has 6 nitrogen and oxygen atoms in total. The Morgan fingerprint density at radius 2 is 1.64 bits per heavy atom. The second-order valence-corrected chi connectivity index (χ2v) is 8.65. The van der Waals surface area contributed by atoms with E-state index >= 15 is 0 Å². The number of rotatable bonds is 3. The lowest BCUT2D eigenvalue weighted by atomic mass is 9.97. The highest BCUT2D eigenvalue weighted by Crippen LogP contribution is 2.35. The molecule has 2 aliphatic rings. The normalized spacial score (nSPS) is 15.3. The highest BCUT2D eigenvalue weighted by Gasteiger charge is 2.33. The fourth-order valence-corrected chi connectivity index (χ4v) is 4.33. The Kier molecular flexibility index (Phi) is 10.1. The van der Waals surface area contributed by atoms with Crippen LogP contribution in [0.1, 0.15) is 25.0 Å². The van der Waals surface area contributed by atoms with Crippen molar-refractivity contribution in [3.63, 3.8) is 0 Å². The second kappa shape index (κ2) is 13.3. The molecule has 1 unspecified atom stereocenters. The van der Waals surface area contributed by atoms with Gasteiger partial charge >= 0.3 is 0 Å². The van der Waals surface area contributed by atoms with Crippen LogP contribution in [0.3, 0.4) is 0 Å². The summed E-state index contributed by atoms with van der Waals surface area (Å²) in [5, 5.41) is 1.36. The molecular formula is C28H31Cl2NO5. The van der Waals surface area contributed by atoms with E-state index in [1.54, 1.807) is 37.3 Å². The van der Waals surface area contributed by atoms with Gasteiger partial charge in [-0.05, 0) is 48.4 Å². The average molecular weight is 532 g/mol. The van der Waals surface area contributed by atoms with E-state index in [4.69, 9.17) is 42.1 Å². The van der Waals surface area contributed by atoms with E-state index < -0.39 is 6.10 Å². The molecule has 2 aliphatic heterocycles. The van der Waals surface area contributed by atoms with Crippen LogP contribution in [0.15, 0.2) is 60.7 Å². The highest BCUT2D eigenvalue weighted by atomic mass is 35.5. The topological polar surface area (TPSA) is 57.2 Å². The lowest BCUT2D eigenvalue weighted by molar-refractivity contribution is -0.142. The van der Waals surface area contributed by atoms with E-state index in [1.807, 2.05) is 56.3 Å². The summed E-state index contributed by atoms with van der Waals surface area (Å²) in [4.78, 5) is 14.8. The molecule has 36 heavy (non-hydrogen) atoms. The molecule has 3 aromatic carbocycles. The summed E-state index contributed by atoms with van der Waals surface area (Å²) < 4.78 is 22.4. The lowest BCUT2D eigenvalue weighted by Gasteiger charge is -2.34. The summed E-state index contributed by atoms with van der Waals surface area (Å²) in [6.45, 7) is 5.34. The monoisotopic (exact) mass is 531 g/mol. The third-order valence-corrected chi connectivity index (χ3v) is 6.08. The van der Waals surface area contributed by atoms with Crippen molar-refractivity contribution < 1.29 is 23.7 Å². The molecule has 5 rings (SSSR count). The zero-order valence-electron chi connectivity index (χ0n) is 20.9. The van der Waals surface area contributed by atoms with Crippen LogP contribution in [0.2, 0.25) is 10.0 Å². The molecule has 0 fully saturated rings. The minimum atomic E-state index is -0.629. The zero-order chi connectivity index (χ0) is 26.1. The van der Waals surface area contributed by atoms with Crippen molar-refractivity contribution in [2.24, 2.45) is 0 Å². The first-order valence-electron chi connectivity index (χ1n) is 11.8. The van der Waals surface area contributed by atoms with Gasteiger partial charge in [-0.15, -0.1) is 0 Å². The Bertz CT molecular complexity index is 1140. The van der Waals surface area contributed by atoms with Gasteiger partial charge in [0.2, 0.25) is 6.10 Å². The number of carbonyl (C=O) groups excluding carboxylic acids is 1. The first-order chi connectivity index (χ1) is 17.5. The van der Waals surface area contributed by atoms with Crippen molar-refractivity contribution in [2.45, 2.75) is 32.9 Å². The number of hydrogen-bond acceptors (Lipinski definition) is 5. The number of para-hydroxylation sites is 2. The molecule has 0 saturated carbocycles. The predicted molar refractivity (Wildman–Crippen MR) is 143 cm³/mol. The van der Waals surface area contributed by atoms with E-state index in [-0.39, 0.29) is 12.5 Å². The Morgan fingerprint density at radius 3 is 2.25 bits per heavy atom. The summed E-state index contributed by atoms with van der Waals surface area (Å²) in [5.41, 5.74) is 2.17. The summed E-state index contributed by atoms with van der Waals surface area (Å²) in [6, 6.07) is 18.3. The van der Waals surface area contributed by atoms with Gasteiger partial charge in [-0.25, -0.2) is 0 Å². The van der Waals surface area contributed by atoms with Gasteiger partial charge in [0.15, 0.2) is 11.5 Å². The molecule has 0 saturated heterocycles. The Hall–Kier alpha value is -3.09. The quantitative estimate of drug-likeness (QED) is 0.388. The molecule has 0 spiro atoms. The van der Waals surface area contributed by atoms with E-state index in [0.29, 0.717) is 34.6 Å². The number of fused-ring (bicyclic) bond motifs is 2. The van der Waals surface area contributed by atoms with Crippen LogP contribution >= 0.6 is 23.2 Å². The molecule has 0 aromatic heterocycles. The van der Waals surface area contributed by atoms with Crippen molar-refractivity contribution in [3.8, 4) is 23.0 Å². The van der Waals surface area contributed by atoms with E-state index in [1.165, 1.54) is 0 Å². The number of halogens is 2. The number of hydrogen-bond donors (Lipinski definition) is 0. The van der Waals surface area contributed by atoms with Gasteiger partial charge in [0.25, 0.3) is 5.91 Å². The molecular weight excluding hydrogens is 501 g/mol. The molecule has 0 aliphatic carbocycles. The molecule has 3 aromatic rings. The van der Waals surface area contributed by atoms with Crippen LogP contribution in [0, 0.1) is 0 Å². The summed E-state index contributed by atoms with van der Waals surface area (Å²) in [6.07, 6.45) is 0.120. The number of nitrogens with zero attached hydrogens (tertiary/aromatic N) is 1. The molecule has 0 N–H and O–H groups in total. The largest absolute Gasteiger partial charge is 0.497 e. The average Bonchev–Trinajstić information content (AvgIpc) is 2.92. The Labute approximate surface area is 222 Å². The number of methoxy groups -OCH3 is 2. The smallest absolute Gasteiger partial charge is 0.267 e. The van der Waals surface area contributed by atoms with Gasteiger partial charge in [0.05, 0.1) is 14.2 Å². The van der Waals surface area contributed by atoms with Crippen molar-refractivity contribution in [3.05, 3.63) is 81.8 Å². The Balaban J connectivity index is 0.000000305. The molecule has 0 radical (unpaired) electrons. The standard InChI is InChI=1S/C20H21NO5.C6H4Cl2.C2H6/c1-23-14-9-13-7-8-21(11-15(13)18(10-14)24-2)20(22)19-12-25-16-5-3-4-6-17(16)26-19;7-5-2-1-3-6(8)4-5;1-2/h3-6,9-10,19H,7-8,11-12H2,1-2H3;1-4H;1-2H3. The fraction of sp³-hybridized carbons (Fsp3) is 0.321. The van der Waals surface area contributed by atoms with Gasteiger partial charge in [-0.3, -0.25) is 4.79 Å². The van der Waals surface area contributed by atoms with Crippen LogP contribution in [0.25, 0.3) is 0 Å². The predicted octanol–water partition coefficient (Wildman–Crippen LogP) is 6.45. The van der Waals surface area contributed by atoms with Crippen LogP contribution in [0.5, 0.6) is 23.0 Å². The van der Waals surface area contributed by atoms with Gasteiger partial charge < -0.3 is 23.8 Å². The van der Waals surface area contributed by atoms with Gasteiger partial charge in [0.1, 0.15) is 18.1 Å². The maximum Gasteiger partial charge on any atom is 0.267 e. The minimum Gasteiger partial charge on any atom is -0.497 e. The SMILES string of the molecule is CC.COc1cc2c(c(OC)c1)CN(C(=O)C1COc3ccccc3O1)CC2.Clc1cccc(Cl)c1. The van der Waals surface area contributed by atoms with Crippen LogP contribution in [-0.2, 0) is 17.8 Å². The maximum atomic E-state index is 13.0. The first kappa shape index (κ1) is 27.5. The number of ether oxygens (including phenoxy) is 4. The van der Waals surface area contributed by atoms with Crippen LogP contribution in [0.4, 0.5) is 0 Å². The fourth-order valence-electron chi connectivity index (χ4n) is 3.90. The highest BCUT2D eigenvalue weighted by molar-refractivity contribution is 6.34. The number of amides is 1. The number of benzene rings is 3. The maximum absolute atomic E-state index is 13.0. The van der Waals surface area contributed by atoms with Gasteiger partial charge in [0, 0.05) is 34.8 Å². The molecule has 192 valence electrons. The van der Waals surface area contributed by atoms with Crippen molar-refractivity contribution in [2.75, 3.05) is 27.4 Å². The summed E-state index contributed by atoms with van der Waals surface area (Å²) in [7, 11) is 3.27. The van der Waals surface area contributed by atoms with Crippen LogP contribution in [-0.4, -0.2) is 44.3 Å². The summed E-state index contributed by atoms with van der Waals surface area (Å²) in [5.74, 6) is 2.72. The minimum absolute atomic E-state index is 0.0666. The molecule has 2 heterocycles.